The van der Waals surface area contributed by atoms with E-state index in [-0.39, 0.29) is 10.0 Å². The summed E-state index contributed by atoms with van der Waals surface area (Å²) in [5, 5.41) is 0.358. The molecule has 2 aromatic rings. The molecule has 0 bridgehead atoms. The van der Waals surface area contributed by atoms with E-state index in [4.69, 9.17) is 23.2 Å². The SMILES string of the molecule is Fc1[c]c(Cl)cc(-c2ccc(F)cc2Cl)c1. The average Bonchev–Trinajstić information content (AvgIpc) is 2.15. The van der Waals surface area contributed by atoms with Crippen molar-refractivity contribution in [2.75, 3.05) is 0 Å². The van der Waals surface area contributed by atoms with E-state index in [1.165, 1.54) is 30.3 Å². The van der Waals surface area contributed by atoms with Gasteiger partial charge >= 0.3 is 0 Å². The molecular formula is C12H5Cl2F2. The van der Waals surface area contributed by atoms with Gasteiger partial charge in [0, 0.05) is 11.6 Å². The molecule has 2 aromatic carbocycles. The quantitative estimate of drug-likeness (QED) is 0.693. The molecule has 0 heterocycles. The molecule has 16 heavy (non-hydrogen) atoms. The fourth-order valence-corrected chi connectivity index (χ4v) is 1.86. The van der Waals surface area contributed by atoms with E-state index in [2.05, 4.69) is 6.07 Å². The van der Waals surface area contributed by atoms with Gasteiger partial charge in [-0.1, -0.05) is 23.2 Å². The van der Waals surface area contributed by atoms with E-state index in [1.807, 2.05) is 0 Å². The van der Waals surface area contributed by atoms with Gasteiger partial charge in [-0.15, -0.1) is 0 Å². The fourth-order valence-electron chi connectivity index (χ4n) is 1.38. The molecule has 0 spiro atoms. The highest BCUT2D eigenvalue weighted by Gasteiger charge is 2.07. The predicted molar refractivity (Wildman–Crippen MR) is 60.7 cm³/mol. The van der Waals surface area contributed by atoms with Crippen LogP contribution in [0.4, 0.5) is 8.78 Å². The second-order valence-corrected chi connectivity index (χ2v) is 4.00. The van der Waals surface area contributed by atoms with E-state index in [1.54, 1.807) is 0 Å². The van der Waals surface area contributed by atoms with E-state index in [0.29, 0.717) is 11.1 Å². The standard InChI is InChI=1S/C12H5Cl2F2/c13-8-3-7(4-10(16)5-8)11-2-1-9(15)6-12(11)14/h1-4,6H. The number of hydrogen-bond acceptors (Lipinski definition) is 0. The van der Waals surface area contributed by atoms with Gasteiger partial charge in [0.25, 0.3) is 0 Å². The van der Waals surface area contributed by atoms with Gasteiger partial charge in [0.15, 0.2) is 0 Å². The number of rotatable bonds is 1. The normalized spacial score (nSPS) is 10.5. The predicted octanol–water partition coefficient (Wildman–Crippen LogP) is 4.74. The minimum Gasteiger partial charge on any atom is -0.207 e. The minimum absolute atomic E-state index is 0.149. The summed E-state index contributed by atoms with van der Waals surface area (Å²) in [4.78, 5) is 0. The van der Waals surface area contributed by atoms with Gasteiger partial charge in [-0.05, 0) is 35.9 Å². The summed E-state index contributed by atoms with van der Waals surface area (Å²) in [5.74, 6) is -1.02. The van der Waals surface area contributed by atoms with Gasteiger partial charge in [-0.25, -0.2) is 8.78 Å². The maximum atomic E-state index is 13.1. The summed E-state index contributed by atoms with van der Waals surface area (Å²) < 4.78 is 25.9. The third kappa shape index (κ3) is 2.34. The Labute approximate surface area is 101 Å². The lowest BCUT2D eigenvalue weighted by Crippen LogP contribution is -1.84. The van der Waals surface area contributed by atoms with Crippen molar-refractivity contribution in [1.29, 1.82) is 0 Å². The molecule has 0 unspecified atom stereocenters. The van der Waals surface area contributed by atoms with Crippen LogP contribution in [-0.4, -0.2) is 0 Å². The summed E-state index contributed by atoms with van der Waals surface area (Å²) in [6, 6.07) is 8.95. The van der Waals surface area contributed by atoms with Gasteiger partial charge < -0.3 is 0 Å². The third-order valence-corrected chi connectivity index (χ3v) is 2.56. The van der Waals surface area contributed by atoms with Crippen LogP contribution in [-0.2, 0) is 0 Å². The van der Waals surface area contributed by atoms with Gasteiger partial charge in [0.05, 0.1) is 10.0 Å². The summed E-state index contributed by atoms with van der Waals surface area (Å²) in [6.45, 7) is 0. The van der Waals surface area contributed by atoms with Crippen molar-refractivity contribution in [2.45, 2.75) is 0 Å². The zero-order valence-corrected chi connectivity index (χ0v) is 9.41. The average molecular weight is 258 g/mol. The molecule has 0 aliphatic rings. The van der Waals surface area contributed by atoms with E-state index < -0.39 is 11.6 Å². The van der Waals surface area contributed by atoms with Crippen LogP contribution in [0.5, 0.6) is 0 Å². The molecule has 0 saturated heterocycles. The Morgan fingerprint density at radius 1 is 1.00 bits per heavy atom. The van der Waals surface area contributed by atoms with Gasteiger partial charge in [-0.2, -0.15) is 0 Å². The molecule has 81 valence electrons. The molecule has 2 rings (SSSR count). The highest BCUT2D eigenvalue weighted by atomic mass is 35.5. The molecule has 0 N–H and O–H groups in total. The maximum Gasteiger partial charge on any atom is 0.133 e. The smallest absolute Gasteiger partial charge is 0.133 e. The molecule has 1 radical (unpaired) electrons. The van der Waals surface area contributed by atoms with Crippen LogP contribution in [0.1, 0.15) is 0 Å². The first-order valence-electron chi connectivity index (χ1n) is 4.40. The Kier molecular flexibility index (Phi) is 3.13. The molecular weight excluding hydrogens is 253 g/mol. The first kappa shape index (κ1) is 11.4. The zero-order valence-electron chi connectivity index (χ0n) is 7.90. The summed E-state index contributed by atoms with van der Waals surface area (Å²) in [6.07, 6.45) is 0. The Morgan fingerprint density at radius 3 is 2.38 bits per heavy atom. The van der Waals surface area contributed by atoms with Gasteiger partial charge in [0.1, 0.15) is 11.6 Å². The zero-order chi connectivity index (χ0) is 11.7. The van der Waals surface area contributed by atoms with Crippen molar-refractivity contribution in [1.82, 2.24) is 0 Å². The Bertz CT molecular complexity index is 518. The second-order valence-electron chi connectivity index (χ2n) is 3.19. The van der Waals surface area contributed by atoms with Crippen LogP contribution < -0.4 is 0 Å². The molecule has 0 atom stereocenters. The van der Waals surface area contributed by atoms with Crippen LogP contribution in [0.3, 0.4) is 0 Å². The van der Waals surface area contributed by atoms with Crippen molar-refractivity contribution < 1.29 is 8.78 Å². The van der Waals surface area contributed by atoms with E-state index in [9.17, 15) is 8.78 Å². The Morgan fingerprint density at radius 2 is 1.75 bits per heavy atom. The molecule has 4 heteroatoms. The van der Waals surface area contributed by atoms with Crippen LogP contribution in [0, 0.1) is 17.7 Å². The third-order valence-electron chi connectivity index (χ3n) is 2.05. The number of hydrogen-bond donors (Lipinski definition) is 0. The van der Waals surface area contributed by atoms with E-state index >= 15 is 0 Å². The van der Waals surface area contributed by atoms with Crippen molar-refractivity contribution in [3.05, 3.63) is 58.1 Å². The number of benzene rings is 2. The topological polar surface area (TPSA) is 0 Å². The van der Waals surface area contributed by atoms with Gasteiger partial charge in [0.2, 0.25) is 0 Å². The van der Waals surface area contributed by atoms with Crippen LogP contribution >= 0.6 is 23.2 Å². The highest BCUT2D eigenvalue weighted by molar-refractivity contribution is 6.33. The lowest BCUT2D eigenvalue weighted by Gasteiger charge is -2.05. The van der Waals surface area contributed by atoms with Crippen molar-refractivity contribution in [3.63, 3.8) is 0 Å². The molecule has 0 saturated carbocycles. The summed E-state index contributed by atoms with van der Waals surface area (Å²) >= 11 is 11.5. The lowest BCUT2D eigenvalue weighted by atomic mass is 10.1. The monoisotopic (exact) mass is 257 g/mol. The minimum atomic E-state index is -0.581. The van der Waals surface area contributed by atoms with Crippen molar-refractivity contribution >= 4 is 23.2 Å². The Hall–Kier alpha value is -1.12. The van der Waals surface area contributed by atoms with Crippen molar-refractivity contribution in [3.8, 4) is 11.1 Å². The molecule has 0 nitrogen and oxygen atoms in total. The molecule has 0 aliphatic carbocycles. The van der Waals surface area contributed by atoms with Crippen LogP contribution in [0.2, 0.25) is 10.0 Å². The first-order chi connectivity index (χ1) is 7.56. The highest BCUT2D eigenvalue weighted by Crippen LogP contribution is 2.30. The van der Waals surface area contributed by atoms with E-state index in [0.717, 1.165) is 0 Å². The fraction of sp³-hybridized carbons (Fsp3) is 0. The summed E-state index contributed by atoms with van der Waals surface area (Å²) in [5.41, 5.74) is 1.02. The van der Waals surface area contributed by atoms with Crippen molar-refractivity contribution in [2.24, 2.45) is 0 Å². The van der Waals surface area contributed by atoms with Gasteiger partial charge in [-0.3, -0.25) is 0 Å². The Balaban J connectivity index is 2.58. The molecule has 0 fully saturated rings. The maximum absolute atomic E-state index is 13.1. The lowest BCUT2D eigenvalue weighted by molar-refractivity contribution is 0.626. The molecule has 0 aromatic heterocycles. The summed E-state index contributed by atoms with van der Waals surface area (Å²) in [7, 11) is 0. The number of halogens is 4. The molecule has 0 amide bonds. The van der Waals surface area contributed by atoms with Crippen LogP contribution in [0.25, 0.3) is 11.1 Å². The molecule has 0 aliphatic heterocycles. The van der Waals surface area contributed by atoms with Crippen LogP contribution in [0.15, 0.2) is 30.3 Å². The first-order valence-corrected chi connectivity index (χ1v) is 5.15. The second kappa shape index (κ2) is 4.40. The largest absolute Gasteiger partial charge is 0.207 e.